The maximum Gasteiger partial charge on any atom is 0.225 e. The lowest BCUT2D eigenvalue weighted by molar-refractivity contribution is 0.833. The Hall–Kier alpha value is -1.72. The van der Waals surface area contributed by atoms with Crippen LogP contribution in [0.1, 0.15) is 18.7 Å². The fraction of sp³-hybridized carbons (Fsp3) is 0.154. The number of hydrogen-bond acceptors (Lipinski definition) is 5. The van der Waals surface area contributed by atoms with Crippen molar-refractivity contribution >= 4 is 39.0 Å². The third-order valence-electron chi connectivity index (χ3n) is 2.78. The molecule has 0 radical (unpaired) electrons. The lowest BCUT2D eigenvalue weighted by Gasteiger charge is -2.14. The molecule has 0 amide bonds. The Labute approximate surface area is 119 Å². The molecule has 0 aliphatic heterocycles. The molecule has 3 aromatic rings. The molecule has 0 aliphatic rings. The first kappa shape index (κ1) is 12.3. The van der Waals surface area contributed by atoms with Crippen molar-refractivity contribution in [2.45, 2.75) is 13.0 Å². The van der Waals surface area contributed by atoms with Crippen LogP contribution in [0.25, 0.3) is 10.2 Å². The number of pyridine rings is 1. The van der Waals surface area contributed by atoms with Gasteiger partial charge in [-0.2, -0.15) is 0 Å². The van der Waals surface area contributed by atoms with Crippen molar-refractivity contribution in [2.75, 3.05) is 5.32 Å². The Kier molecular flexibility index (Phi) is 3.31. The van der Waals surface area contributed by atoms with Gasteiger partial charge >= 0.3 is 0 Å². The molecule has 0 aromatic carbocycles. The first-order chi connectivity index (χ1) is 9.24. The zero-order valence-electron chi connectivity index (χ0n) is 10.2. The van der Waals surface area contributed by atoms with E-state index < -0.39 is 0 Å². The van der Waals surface area contributed by atoms with Crippen molar-refractivity contribution in [3.8, 4) is 0 Å². The van der Waals surface area contributed by atoms with Gasteiger partial charge in [0.25, 0.3) is 0 Å². The number of halogens is 1. The molecular weight excluding hydrogens is 280 g/mol. The molecular formula is C13H11ClN4S. The Morgan fingerprint density at radius 3 is 2.95 bits per heavy atom. The van der Waals surface area contributed by atoms with Gasteiger partial charge in [-0.3, -0.25) is 4.98 Å². The van der Waals surface area contributed by atoms with Crippen LogP contribution in [0.15, 0.2) is 35.8 Å². The van der Waals surface area contributed by atoms with Crippen LogP contribution in [-0.4, -0.2) is 15.0 Å². The molecule has 6 heteroatoms. The summed E-state index contributed by atoms with van der Waals surface area (Å²) in [5.74, 6) is 0.745. The largest absolute Gasteiger partial charge is 0.361 e. The van der Waals surface area contributed by atoms with Crippen molar-refractivity contribution in [3.63, 3.8) is 0 Å². The summed E-state index contributed by atoms with van der Waals surface area (Å²) in [7, 11) is 0. The minimum atomic E-state index is 0.0512. The van der Waals surface area contributed by atoms with Gasteiger partial charge in [0, 0.05) is 6.20 Å². The van der Waals surface area contributed by atoms with Crippen LogP contribution in [-0.2, 0) is 0 Å². The number of fused-ring (bicyclic) bond motifs is 1. The van der Waals surface area contributed by atoms with Gasteiger partial charge in [0.15, 0.2) is 0 Å². The smallest absolute Gasteiger partial charge is 0.225 e. The molecule has 1 unspecified atom stereocenters. The Morgan fingerprint density at radius 1 is 1.26 bits per heavy atom. The van der Waals surface area contributed by atoms with Gasteiger partial charge in [0.1, 0.15) is 10.6 Å². The van der Waals surface area contributed by atoms with Gasteiger partial charge in [0.05, 0.1) is 17.1 Å². The van der Waals surface area contributed by atoms with Crippen molar-refractivity contribution in [1.29, 1.82) is 0 Å². The quantitative estimate of drug-likeness (QED) is 0.743. The normalized spacial score (nSPS) is 12.5. The standard InChI is InChI=1S/C13H11ClN4S/c1-8(10-4-2-3-6-15-10)16-11-9-5-7-19-12(9)18-13(14)17-11/h2-8H,1H3,(H,16,17,18). The topological polar surface area (TPSA) is 50.7 Å². The van der Waals surface area contributed by atoms with E-state index in [0.29, 0.717) is 0 Å². The van der Waals surface area contributed by atoms with Crippen LogP contribution in [0.3, 0.4) is 0 Å². The van der Waals surface area contributed by atoms with Crippen LogP contribution < -0.4 is 5.32 Å². The first-order valence-electron chi connectivity index (χ1n) is 5.82. The summed E-state index contributed by atoms with van der Waals surface area (Å²) < 4.78 is 0. The third-order valence-corrected chi connectivity index (χ3v) is 3.76. The number of rotatable bonds is 3. The minimum absolute atomic E-state index is 0.0512. The van der Waals surface area contributed by atoms with E-state index in [0.717, 1.165) is 21.7 Å². The van der Waals surface area contributed by atoms with E-state index in [4.69, 9.17) is 11.6 Å². The molecule has 0 saturated heterocycles. The van der Waals surface area contributed by atoms with E-state index in [1.54, 1.807) is 17.5 Å². The van der Waals surface area contributed by atoms with Gasteiger partial charge in [-0.1, -0.05) is 6.07 Å². The molecule has 0 fully saturated rings. The van der Waals surface area contributed by atoms with Crippen molar-refractivity contribution in [1.82, 2.24) is 15.0 Å². The fourth-order valence-corrected chi connectivity index (χ4v) is 2.83. The van der Waals surface area contributed by atoms with Crippen LogP contribution >= 0.6 is 22.9 Å². The highest BCUT2D eigenvalue weighted by Gasteiger charge is 2.12. The Morgan fingerprint density at radius 2 is 2.16 bits per heavy atom. The van der Waals surface area contributed by atoms with Gasteiger partial charge in [0.2, 0.25) is 5.28 Å². The maximum atomic E-state index is 5.94. The molecule has 0 spiro atoms. The highest BCUT2D eigenvalue weighted by Crippen LogP contribution is 2.28. The van der Waals surface area contributed by atoms with E-state index in [2.05, 4.69) is 20.3 Å². The second-order valence-corrected chi connectivity index (χ2v) is 5.33. The molecule has 4 nitrogen and oxygen atoms in total. The van der Waals surface area contributed by atoms with E-state index >= 15 is 0 Å². The molecule has 0 aliphatic carbocycles. The molecule has 1 atom stereocenters. The van der Waals surface area contributed by atoms with Gasteiger partial charge < -0.3 is 5.32 Å². The average molecular weight is 291 g/mol. The number of anilines is 1. The predicted molar refractivity (Wildman–Crippen MR) is 78.7 cm³/mol. The molecule has 0 bridgehead atoms. The number of nitrogens with one attached hydrogen (secondary N) is 1. The summed E-state index contributed by atoms with van der Waals surface area (Å²) in [4.78, 5) is 13.7. The summed E-state index contributed by atoms with van der Waals surface area (Å²) in [6, 6.07) is 7.88. The molecule has 96 valence electrons. The average Bonchev–Trinajstić information content (AvgIpc) is 2.88. The fourth-order valence-electron chi connectivity index (χ4n) is 1.85. The van der Waals surface area contributed by atoms with Crippen LogP contribution in [0.4, 0.5) is 5.82 Å². The van der Waals surface area contributed by atoms with Gasteiger partial charge in [-0.15, -0.1) is 11.3 Å². The molecule has 1 N–H and O–H groups in total. The van der Waals surface area contributed by atoms with Gasteiger partial charge in [-0.25, -0.2) is 9.97 Å². The third kappa shape index (κ3) is 2.52. The lowest BCUT2D eigenvalue weighted by Crippen LogP contribution is -2.09. The number of thiophene rings is 1. The van der Waals surface area contributed by atoms with Gasteiger partial charge in [-0.05, 0) is 42.1 Å². The highest BCUT2D eigenvalue weighted by molar-refractivity contribution is 7.16. The number of nitrogens with zero attached hydrogens (tertiary/aromatic N) is 3. The van der Waals surface area contributed by atoms with Crippen molar-refractivity contribution in [2.24, 2.45) is 0 Å². The number of hydrogen-bond donors (Lipinski definition) is 1. The first-order valence-corrected chi connectivity index (χ1v) is 7.08. The molecule has 0 saturated carbocycles. The monoisotopic (exact) mass is 290 g/mol. The van der Waals surface area contributed by atoms with E-state index in [1.165, 1.54) is 0 Å². The lowest BCUT2D eigenvalue weighted by atomic mass is 10.2. The summed E-state index contributed by atoms with van der Waals surface area (Å²) >= 11 is 7.49. The van der Waals surface area contributed by atoms with E-state index in [-0.39, 0.29) is 11.3 Å². The van der Waals surface area contributed by atoms with Crippen molar-refractivity contribution in [3.05, 3.63) is 46.8 Å². The predicted octanol–water partition coefficient (Wildman–Crippen LogP) is 3.91. The molecule has 3 aromatic heterocycles. The van der Waals surface area contributed by atoms with Crippen LogP contribution in [0.2, 0.25) is 5.28 Å². The second kappa shape index (κ2) is 5.11. The van der Waals surface area contributed by atoms with E-state index in [1.807, 2.05) is 36.6 Å². The minimum Gasteiger partial charge on any atom is -0.361 e. The zero-order valence-corrected chi connectivity index (χ0v) is 11.7. The highest BCUT2D eigenvalue weighted by atomic mass is 35.5. The SMILES string of the molecule is CC(Nc1nc(Cl)nc2sccc12)c1ccccn1. The summed E-state index contributed by atoms with van der Waals surface area (Å²) in [6.45, 7) is 2.04. The van der Waals surface area contributed by atoms with Crippen molar-refractivity contribution < 1.29 is 0 Å². The molecule has 3 heterocycles. The zero-order chi connectivity index (χ0) is 13.2. The summed E-state index contributed by atoms with van der Waals surface area (Å²) in [6.07, 6.45) is 1.78. The Bertz CT molecular complexity index is 698. The van der Waals surface area contributed by atoms with Crippen LogP contribution in [0, 0.1) is 0 Å². The number of aromatic nitrogens is 3. The van der Waals surface area contributed by atoms with E-state index in [9.17, 15) is 0 Å². The molecule has 19 heavy (non-hydrogen) atoms. The Balaban J connectivity index is 1.95. The summed E-state index contributed by atoms with van der Waals surface area (Å²) in [5.41, 5.74) is 0.959. The van der Waals surface area contributed by atoms with Crippen LogP contribution in [0.5, 0.6) is 0 Å². The molecule has 3 rings (SSSR count). The summed E-state index contributed by atoms with van der Waals surface area (Å²) in [5, 5.41) is 6.55. The maximum absolute atomic E-state index is 5.94. The second-order valence-electron chi connectivity index (χ2n) is 4.10.